The Morgan fingerprint density at radius 3 is 1.42 bits per heavy atom. The molecule has 0 fully saturated rings. The molecular weight excluding hydrogens is 480 g/mol. The average molecular weight is 541 g/mol. The van der Waals surface area contributed by atoms with Gasteiger partial charge in [0.2, 0.25) is 0 Å². The van der Waals surface area contributed by atoms with E-state index >= 15 is 0 Å². The zero-order valence-electron chi connectivity index (χ0n) is 25.5. The predicted octanol–water partition coefficient (Wildman–Crippen LogP) is 8.59. The zero-order valence-corrected chi connectivity index (χ0v) is 25.5. The van der Waals surface area contributed by atoms with E-state index < -0.39 is 0 Å². The number of hydrogen-bond donors (Lipinski definition) is 0. The Hall–Kier alpha value is -1.59. The maximum absolute atomic E-state index is 12.5. The summed E-state index contributed by atoms with van der Waals surface area (Å²) in [4.78, 5) is 37.0. The van der Waals surface area contributed by atoms with Crippen molar-refractivity contribution in [3.8, 4) is 0 Å². The maximum Gasteiger partial charge on any atom is 0.306 e. The van der Waals surface area contributed by atoms with Crippen LogP contribution in [0.1, 0.15) is 150 Å². The minimum Gasteiger partial charge on any atom is -0.465 e. The molecule has 0 amide bonds. The highest BCUT2D eigenvalue weighted by molar-refractivity contribution is 5.71. The molecule has 38 heavy (non-hydrogen) atoms. The molecular formula is C32H60O6. The molecule has 0 saturated carbocycles. The molecule has 0 aliphatic rings. The number of esters is 3. The summed E-state index contributed by atoms with van der Waals surface area (Å²) in [5.74, 6) is -0.248. The van der Waals surface area contributed by atoms with Gasteiger partial charge in [-0.05, 0) is 31.1 Å². The number of unbranched alkanes of at least 4 members (excludes halogenated alkanes) is 10. The van der Waals surface area contributed by atoms with E-state index in [1.807, 2.05) is 0 Å². The third-order valence-electron chi connectivity index (χ3n) is 7.26. The maximum atomic E-state index is 12.5. The Kier molecular flexibility index (Phi) is 24.6. The molecule has 0 heterocycles. The van der Waals surface area contributed by atoms with Gasteiger partial charge in [-0.15, -0.1) is 0 Å². The fourth-order valence-corrected chi connectivity index (χ4v) is 4.22. The van der Waals surface area contributed by atoms with Gasteiger partial charge in [0.15, 0.2) is 0 Å². The minimum atomic E-state index is -0.389. The second-order valence-corrected chi connectivity index (χ2v) is 11.4. The van der Waals surface area contributed by atoms with Crippen molar-refractivity contribution in [2.75, 3.05) is 19.8 Å². The highest BCUT2D eigenvalue weighted by Gasteiger charge is 2.20. The summed E-state index contributed by atoms with van der Waals surface area (Å²) >= 11 is 0. The summed E-state index contributed by atoms with van der Waals surface area (Å²) in [6.07, 6.45) is 17.4. The number of hydrogen-bond acceptors (Lipinski definition) is 6. The third kappa shape index (κ3) is 23.5. The molecule has 0 bridgehead atoms. The third-order valence-corrected chi connectivity index (χ3v) is 7.26. The van der Waals surface area contributed by atoms with Gasteiger partial charge in [0.1, 0.15) is 0 Å². The predicted molar refractivity (Wildman–Crippen MR) is 155 cm³/mol. The van der Waals surface area contributed by atoms with E-state index in [2.05, 4.69) is 34.6 Å². The second kappa shape index (κ2) is 25.7. The second-order valence-electron chi connectivity index (χ2n) is 11.4. The van der Waals surface area contributed by atoms with Crippen LogP contribution < -0.4 is 0 Å². The van der Waals surface area contributed by atoms with Crippen molar-refractivity contribution in [1.82, 2.24) is 0 Å². The monoisotopic (exact) mass is 540 g/mol. The lowest BCUT2D eigenvalue weighted by Crippen LogP contribution is -2.25. The van der Waals surface area contributed by atoms with E-state index in [0.717, 1.165) is 57.8 Å². The van der Waals surface area contributed by atoms with Gasteiger partial charge < -0.3 is 14.2 Å². The minimum absolute atomic E-state index is 0.0671. The molecule has 0 aliphatic carbocycles. The van der Waals surface area contributed by atoms with E-state index in [9.17, 15) is 14.4 Å². The molecule has 2 atom stereocenters. The van der Waals surface area contributed by atoms with Crippen LogP contribution in [0.25, 0.3) is 0 Å². The summed E-state index contributed by atoms with van der Waals surface area (Å²) in [6, 6.07) is 0. The quantitative estimate of drug-likeness (QED) is 0.0621. The first kappa shape index (κ1) is 36.4. The number of rotatable bonds is 26. The van der Waals surface area contributed by atoms with Crippen molar-refractivity contribution in [2.24, 2.45) is 17.8 Å². The molecule has 0 aromatic heterocycles. The summed E-state index contributed by atoms with van der Waals surface area (Å²) in [5, 5.41) is 0. The normalized spacial score (nSPS) is 12.8. The molecule has 0 aromatic carbocycles. The standard InChI is InChI=1S/C32H60O6/c1-6-9-11-13-15-17-19-30(33)37-25-29(26-38-31(34)20-18-16-14-12-10-7-2)23-32(35)36-24-28(5)22-21-27(4)8-3/h27-29H,6-26H2,1-5H3. The van der Waals surface area contributed by atoms with Gasteiger partial charge in [0.25, 0.3) is 0 Å². The molecule has 6 heteroatoms. The number of ether oxygens (including phenoxy) is 3. The van der Waals surface area contributed by atoms with E-state index in [-0.39, 0.29) is 43.5 Å². The molecule has 0 saturated heterocycles. The molecule has 0 radical (unpaired) electrons. The molecule has 224 valence electrons. The van der Waals surface area contributed by atoms with Gasteiger partial charge in [0.05, 0.1) is 26.2 Å². The smallest absolute Gasteiger partial charge is 0.306 e. The van der Waals surface area contributed by atoms with Crippen LogP contribution in [-0.2, 0) is 28.6 Å². The molecule has 0 aliphatic heterocycles. The molecule has 0 spiro atoms. The van der Waals surface area contributed by atoms with Crippen LogP contribution in [0.5, 0.6) is 0 Å². The van der Waals surface area contributed by atoms with Crippen LogP contribution in [0.15, 0.2) is 0 Å². The molecule has 0 N–H and O–H groups in total. The molecule has 0 aromatic rings. The first-order chi connectivity index (χ1) is 18.3. The Balaban J connectivity index is 4.52. The largest absolute Gasteiger partial charge is 0.465 e. The van der Waals surface area contributed by atoms with Crippen molar-refractivity contribution in [2.45, 2.75) is 150 Å². The number of carbonyl (C=O) groups excluding carboxylic acids is 3. The Morgan fingerprint density at radius 1 is 0.526 bits per heavy atom. The highest BCUT2D eigenvalue weighted by atomic mass is 16.6. The Bertz CT molecular complexity index is 558. The zero-order chi connectivity index (χ0) is 28.4. The van der Waals surface area contributed by atoms with E-state index in [0.29, 0.717) is 31.3 Å². The highest BCUT2D eigenvalue weighted by Crippen LogP contribution is 2.16. The van der Waals surface area contributed by atoms with E-state index in [1.54, 1.807) is 0 Å². The Labute approximate surface area is 234 Å². The summed E-state index contributed by atoms with van der Waals surface area (Å²) < 4.78 is 16.4. The lowest BCUT2D eigenvalue weighted by Gasteiger charge is -2.18. The SMILES string of the molecule is CCCCCCCCC(=O)OCC(COC(=O)CCCCCCCC)CC(=O)OCC(C)CCC(C)CC. The van der Waals surface area contributed by atoms with Gasteiger partial charge >= 0.3 is 17.9 Å². The van der Waals surface area contributed by atoms with Gasteiger partial charge in [-0.25, -0.2) is 0 Å². The summed E-state index contributed by atoms with van der Waals surface area (Å²) in [7, 11) is 0. The lowest BCUT2D eigenvalue weighted by atomic mass is 9.97. The van der Waals surface area contributed by atoms with Crippen LogP contribution in [0.3, 0.4) is 0 Å². The molecule has 2 unspecified atom stereocenters. The first-order valence-electron chi connectivity index (χ1n) is 15.8. The van der Waals surface area contributed by atoms with Crippen molar-refractivity contribution < 1.29 is 28.6 Å². The van der Waals surface area contributed by atoms with E-state index in [1.165, 1.54) is 38.5 Å². The number of carbonyl (C=O) groups is 3. The van der Waals surface area contributed by atoms with E-state index in [4.69, 9.17) is 14.2 Å². The van der Waals surface area contributed by atoms with Crippen molar-refractivity contribution >= 4 is 17.9 Å². The van der Waals surface area contributed by atoms with Gasteiger partial charge in [-0.1, -0.05) is 112 Å². The van der Waals surface area contributed by atoms with Crippen LogP contribution >= 0.6 is 0 Å². The van der Waals surface area contributed by atoms with Crippen LogP contribution in [0.2, 0.25) is 0 Å². The fraction of sp³-hybridized carbons (Fsp3) is 0.906. The van der Waals surface area contributed by atoms with Crippen LogP contribution in [0, 0.1) is 17.8 Å². The lowest BCUT2D eigenvalue weighted by molar-refractivity contribution is -0.155. The van der Waals surface area contributed by atoms with Crippen LogP contribution in [-0.4, -0.2) is 37.7 Å². The summed E-state index contributed by atoms with van der Waals surface area (Å²) in [5.41, 5.74) is 0. The Morgan fingerprint density at radius 2 is 0.947 bits per heavy atom. The fourth-order valence-electron chi connectivity index (χ4n) is 4.22. The average Bonchev–Trinajstić information content (AvgIpc) is 2.91. The van der Waals surface area contributed by atoms with Crippen LogP contribution in [0.4, 0.5) is 0 Å². The van der Waals surface area contributed by atoms with Crippen molar-refractivity contribution in [3.05, 3.63) is 0 Å². The first-order valence-corrected chi connectivity index (χ1v) is 15.8. The van der Waals surface area contributed by atoms with Gasteiger partial charge in [-0.3, -0.25) is 14.4 Å². The van der Waals surface area contributed by atoms with Crippen molar-refractivity contribution in [3.63, 3.8) is 0 Å². The topological polar surface area (TPSA) is 78.9 Å². The molecule has 0 rings (SSSR count). The summed E-state index contributed by atoms with van der Waals surface area (Å²) in [6.45, 7) is 11.4. The van der Waals surface area contributed by atoms with Crippen molar-refractivity contribution in [1.29, 1.82) is 0 Å². The van der Waals surface area contributed by atoms with Gasteiger partial charge in [-0.2, -0.15) is 0 Å². The molecule has 6 nitrogen and oxygen atoms in total. The van der Waals surface area contributed by atoms with Gasteiger partial charge in [0, 0.05) is 18.8 Å².